The highest BCUT2D eigenvalue weighted by molar-refractivity contribution is 7.11. The van der Waals surface area contributed by atoms with Crippen LogP contribution in [0.4, 0.5) is 5.00 Å². The standard InChI is InChI=1S/C12H15ClN2S/c1-2-15(9-5-8-13)12-10-6-3-4-7-11(10)14-16-12/h3-4,6-7H,2,5,8-9H2,1H3. The Morgan fingerprint density at radius 1 is 1.38 bits per heavy atom. The summed E-state index contributed by atoms with van der Waals surface area (Å²) in [5.41, 5.74) is 1.09. The molecular weight excluding hydrogens is 240 g/mol. The van der Waals surface area contributed by atoms with Crippen molar-refractivity contribution >= 4 is 39.0 Å². The van der Waals surface area contributed by atoms with Gasteiger partial charge >= 0.3 is 0 Å². The van der Waals surface area contributed by atoms with E-state index < -0.39 is 0 Å². The molecule has 0 N–H and O–H groups in total. The number of hydrogen-bond donors (Lipinski definition) is 0. The molecule has 0 spiro atoms. The number of benzene rings is 1. The lowest BCUT2D eigenvalue weighted by Crippen LogP contribution is -2.23. The van der Waals surface area contributed by atoms with Crippen LogP contribution < -0.4 is 4.90 Å². The third kappa shape index (κ3) is 2.30. The normalized spacial score (nSPS) is 10.9. The van der Waals surface area contributed by atoms with Crippen LogP contribution in [-0.2, 0) is 0 Å². The summed E-state index contributed by atoms with van der Waals surface area (Å²) in [6.45, 7) is 4.18. The maximum Gasteiger partial charge on any atom is 0.119 e. The summed E-state index contributed by atoms with van der Waals surface area (Å²) in [5, 5.41) is 2.52. The van der Waals surface area contributed by atoms with Crippen LogP contribution in [0.3, 0.4) is 0 Å². The number of fused-ring (bicyclic) bond motifs is 1. The Balaban J connectivity index is 2.30. The molecular formula is C12H15ClN2S. The van der Waals surface area contributed by atoms with Crippen molar-refractivity contribution in [3.63, 3.8) is 0 Å². The van der Waals surface area contributed by atoms with Crippen LogP contribution in [0.15, 0.2) is 24.3 Å². The van der Waals surface area contributed by atoms with E-state index in [9.17, 15) is 0 Å². The van der Waals surface area contributed by atoms with Gasteiger partial charge in [0, 0.05) is 24.4 Å². The molecule has 2 nitrogen and oxygen atoms in total. The van der Waals surface area contributed by atoms with Crippen LogP contribution in [-0.4, -0.2) is 23.3 Å². The fraction of sp³-hybridized carbons (Fsp3) is 0.417. The van der Waals surface area contributed by atoms with Crippen LogP contribution in [0.5, 0.6) is 0 Å². The van der Waals surface area contributed by atoms with E-state index in [1.54, 1.807) is 11.5 Å². The molecule has 2 aromatic rings. The lowest BCUT2D eigenvalue weighted by Gasteiger charge is -2.20. The summed E-state index contributed by atoms with van der Waals surface area (Å²) >= 11 is 7.32. The number of rotatable bonds is 5. The van der Waals surface area contributed by atoms with Gasteiger partial charge in [-0.1, -0.05) is 12.1 Å². The van der Waals surface area contributed by atoms with E-state index in [2.05, 4.69) is 34.4 Å². The molecule has 1 aromatic carbocycles. The predicted octanol–water partition coefficient (Wildman–Crippen LogP) is 3.75. The number of aromatic nitrogens is 1. The third-order valence-electron chi connectivity index (χ3n) is 2.60. The van der Waals surface area contributed by atoms with Crippen molar-refractivity contribution in [2.24, 2.45) is 0 Å². The molecule has 0 unspecified atom stereocenters. The number of hydrogen-bond acceptors (Lipinski definition) is 3. The number of halogens is 1. The van der Waals surface area contributed by atoms with E-state index in [4.69, 9.17) is 11.6 Å². The quantitative estimate of drug-likeness (QED) is 0.756. The van der Waals surface area contributed by atoms with Gasteiger partial charge < -0.3 is 4.90 Å². The van der Waals surface area contributed by atoms with Crippen LogP contribution >= 0.6 is 23.1 Å². The van der Waals surface area contributed by atoms with Crippen molar-refractivity contribution in [2.45, 2.75) is 13.3 Å². The maximum absolute atomic E-state index is 5.74. The summed E-state index contributed by atoms with van der Waals surface area (Å²) < 4.78 is 4.46. The molecule has 0 saturated heterocycles. The summed E-state index contributed by atoms with van der Waals surface area (Å²) in [6.07, 6.45) is 1.02. The SMILES string of the molecule is CCN(CCCCl)c1snc2ccccc12. The highest BCUT2D eigenvalue weighted by Crippen LogP contribution is 2.30. The van der Waals surface area contributed by atoms with Gasteiger partial charge in [-0.3, -0.25) is 0 Å². The first-order valence-electron chi connectivity index (χ1n) is 5.52. The number of nitrogens with zero attached hydrogens (tertiary/aromatic N) is 2. The van der Waals surface area contributed by atoms with E-state index in [1.807, 2.05) is 6.07 Å². The molecule has 0 aliphatic carbocycles. The van der Waals surface area contributed by atoms with E-state index in [0.717, 1.165) is 25.0 Å². The molecule has 0 aliphatic heterocycles. The molecule has 0 atom stereocenters. The highest BCUT2D eigenvalue weighted by atomic mass is 35.5. The van der Waals surface area contributed by atoms with Gasteiger partial charge in [0.25, 0.3) is 0 Å². The van der Waals surface area contributed by atoms with E-state index in [0.29, 0.717) is 5.88 Å². The minimum Gasteiger partial charge on any atom is -0.362 e. The molecule has 4 heteroatoms. The fourth-order valence-corrected chi connectivity index (χ4v) is 2.83. The van der Waals surface area contributed by atoms with Gasteiger partial charge in [-0.25, -0.2) is 0 Å². The number of alkyl halides is 1. The molecule has 0 radical (unpaired) electrons. The van der Waals surface area contributed by atoms with Gasteiger partial charge in [0.15, 0.2) is 0 Å². The van der Waals surface area contributed by atoms with Gasteiger partial charge in [0.05, 0.1) is 5.52 Å². The Bertz CT molecular complexity index is 455. The second-order valence-electron chi connectivity index (χ2n) is 3.63. The predicted molar refractivity (Wildman–Crippen MR) is 72.8 cm³/mol. The third-order valence-corrected chi connectivity index (χ3v) is 3.80. The van der Waals surface area contributed by atoms with Crippen LogP contribution in [0, 0.1) is 0 Å². The lowest BCUT2D eigenvalue weighted by atomic mass is 10.2. The largest absolute Gasteiger partial charge is 0.362 e. The second-order valence-corrected chi connectivity index (χ2v) is 4.76. The summed E-state index contributed by atoms with van der Waals surface area (Å²) in [6, 6.07) is 8.29. The van der Waals surface area contributed by atoms with Crippen molar-refractivity contribution in [2.75, 3.05) is 23.9 Å². The molecule has 0 fully saturated rings. The van der Waals surface area contributed by atoms with Crippen molar-refractivity contribution in [1.82, 2.24) is 4.37 Å². The summed E-state index contributed by atoms with van der Waals surface area (Å²) in [7, 11) is 0. The topological polar surface area (TPSA) is 16.1 Å². The average molecular weight is 255 g/mol. The molecule has 2 rings (SSSR count). The smallest absolute Gasteiger partial charge is 0.119 e. The number of anilines is 1. The molecule has 0 saturated carbocycles. The zero-order valence-electron chi connectivity index (χ0n) is 9.32. The van der Waals surface area contributed by atoms with Crippen LogP contribution in [0.25, 0.3) is 10.9 Å². The van der Waals surface area contributed by atoms with E-state index in [-0.39, 0.29) is 0 Å². The molecule has 1 heterocycles. The lowest BCUT2D eigenvalue weighted by molar-refractivity contribution is 0.804. The zero-order chi connectivity index (χ0) is 11.4. The van der Waals surface area contributed by atoms with Crippen molar-refractivity contribution in [1.29, 1.82) is 0 Å². The van der Waals surface area contributed by atoms with Crippen molar-refractivity contribution in [3.05, 3.63) is 24.3 Å². The molecule has 16 heavy (non-hydrogen) atoms. The molecule has 86 valence electrons. The highest BCUT2D eigenvalue weighted by Gasteiger charge is 2.11. The molecule has 0 aliphatic rings. The van der Waals surface area contributed by atoms with Gasteiger partial charge in [-0.2, -0.15) is 4.37 Å². The van der Waals surface area contributed by atoms with Gasteiger partial charge in [0.2, 0.25) is 0 Å². The Morgan fingerprint density at radius 3 is 2.94 bits per heavy atom. The minimum atomic E-state index is 0.716. The molecule has 0 bridgehead atoms. The van der Waals surface area contributed by atoms with Crippen molar-refractivity contribution < 1.29 is 0 Å². The first kappa shape index (κ1) is 11.7. The Hall–Kier alpha value is -0.800. The Labute approximate surface area is 105 Å². The van der Waals surface area contributed by atoms with Crippen molar-refractivity contribution in [3.8, 4) is 0 Å². The molecule has 0 amide bonds. The van der Waals surface area contributed by atoms with Gasteiger partial charge in [-0.15, -0.1) is 11.6 Å². The minimum absolute atomic E-state index is 0.716. The summed E-state index contributed by atoms with van der Waals surface area (Å²) in [4.78, 5) is 2.35. The second kappa shape index (κ2) is 5.51. The monoisotopic (exact) mass is 254 g/mol. The first-order valence-corrected chi connectivity index (χ1v) is 6.83. The average Bonchev–Trinajstić information content (AvgIpc) is 2.75. The Morgan fingerprint density at radius 2 is 2.19 bits per heavy atom. The summed E-state index contributed by atoms with van der Waals surface area (Å²) in [5.74, 6) is 0.716. The van der Waals surface area contributed by atoms with E-state index >= 15 is 0 Å². The zero-order valence-corrected chi connectivity index (χ0v) is 10.9. The van der Waals surface area contributed by atoms with Crippen LogP contribution in [0.2, 0.25) is 0 Å². The van der Waals surface area contributed by atoms with Crippen LogP contribution in [0.1, 0.15) is 13.3 Å². The fourth-order valence-electron chi connectivity index (χ4n) is 1.76. The van der Waals surface area contributed by atoms with Gasteiger partial charge in [-0.05, 0) is 37.0 Å². The first-order chi connectivity index (χ1) is 7.86. The van der Waals surface area contributed by atoms with Gasteiger partial charge in [0.1, 0.15) is 5.00 Å². The van der Waals surface area contributed by atoms with E-state index in [1.165, 1.54) is 10.4 Å². The Kier molecular flexibility index (Phi) is 4.02. The maximum atomic E-state index is 5.74. The molecule has 1 aromatic heterocycles.